The number of amides is 1. The average Bonchev–Trinajstić information content (AvgIpc) is 3.30. The second kappa shape index (κ2) is 6.36. The molecular weight excluding hydrogens is 302 g/mol. The molecule has 1 unspecified atom stereocenters. The fourth-order valence-electron chi connectivity index (χ4n) is 4.12. The smallest absolute Gasteiger partial charge is 0.237 e. The SMILES string of the molecule is C/N=C/C(Cc1ccc2[nH]ncc2c1)NC(=O)[C@H]1N[C@@H]2CC[C@H]1C2. The lowest BCUT2D eigenvalue weighted by atomic mass is 9.98. The number of hydrogen-bond acceptors (Lipinski definition) is 4. The van der Waals surface area contributed by atoms with Gasteiger partial charge in [-0.15, -0.1) is 0 Å². The zero-order valence-corrected chi connectivity index (χ0v) is 13.8. The third-order valence-corrected chi connectivity index (χ3v) is 5.26. The highest BCUT2D eigenvalue weighted by Crippen LogP contribution is 2.35. The molecule has 1 saturated heterocycles. The van der Waals surface area contributed by atoms with Gasteiger partial charge in [0.05, 0.1) is 23.8 Å². The number of nitrogens with one attached hydrogen (secondary N) is 3. The average molecular weight is 325 g/mol. The van der Waals surface area contributed by atoms with Crippen LogP contribution in [0.25, 0.3) is 10.9 Å². The molecule has 126 valence electrons. The van der Waals surface area contributed by atoms with Gasteiger partial charge in [0.25, 0.3) is 0 Å². The zero-order valence-electron chi connectivity index (χ0n) is 13.8. The highest BCUT2D eigenvalue weighted by Gasteiger charge is 2.42. The Morgan fingerprint density at radius 3 is 3.17 bits per heavy atom. The Hall–Kier alpha value is -2.21. The monoisotopic (exact) mass is 325 g/mol. The Balaban J connectivity index is 1.44. The van der Waals surface area contributed by atoms with Crippen LogP contribution >= 0.6 is 0 Å². The van der Waals surface area contributed by atoms with E-state index in [-0.39, 0.29) is 18.0 Å². The number of nitrogens with zero attached hydrogens (tertiary/aromatic N) is 2. The first kappa shape index (κ1) is 15.3. The van der Waals surface area contributed by atoms with Crippen molar-refractivity contribution in [3.05, 3.63) is 30.0 Å². The fraction of sp³-hybridized carbons (Fsp3) is 0.500. The number of benzene rings is 1. The zero-order chi connectivity index (χ0) is 16.5. The van der Waals surface area contributed by atoms with Crippen LogP contribution in [-0.2, 0) is 11.2 Å². The van der Waals surface area contributed by atoms with Crippen LogP contribution in [0.2, 0.25) is 0 Å². The molecule has 2 aliphatic rings. The minimum Gasteiger partial charge on any atom is -0.347 e. The van der Waals surface area contributed by atoms with Gasteiger partial charge in [-0.2, -0.15) is 5.10 Å². The van der Waals surface area contributed by atoms with Crippen molar-refractivity contribution in [2.24, 2.45) is 10.9 Å². The Labute approximate surface area is 141 Å². The summed E-state index contributed by atoms with van der Waals surface area (Å²) in [5.41, 5.74) is 2.18. The molecule has 0 spiro atoms. The van der Waals surface area contributed by atoms with E-state index in [4.69, 9.17) is 0 Å². The van der Waals surface area contributed by atoms with Crippen molar-refractivity contribution in [1.82, 2.24) is 20.8 Å². The van der Waals surface area contributed by atoms with E-state index in [0.29, 0.717) is 12.0 Å². The molecule has 2 aromatic rings. The predicted molar refractivity (Wildman–Crippen MR) is 94.2 cm³/mol. The minimum absolute atomic E-state index is 0.0344. The molecule has 1 aliphatic carbocycles. The summed E-state index contributed by atoms with van der Waals surface area (Å²) in [6.45, 7) is 0. The Kier molecular flexibility index (Phi) is 4.06. The maximum absolute atomic E-state index is 12.6. The lowest BCUT2D eigenvalue weighted by Crippen LogP contribution is -2.51. The van der Waals surface area contributed by atoms with Crippen LogP contribution < -0.4 is 10.6 Å². The molecule has 1 saturated carbocycles. The van der Waals surface area contributed by atoms with Crippen LogP contribution in [0.4, 0.5) is 0 Å². The van der Waals surface area contributed by atoms with Gasteiger partial charge in [0.15, 0.2) is 0 Å². The molecule has 6 heteroatoms. The molecule has 1 aromatic carbocycles. The van der Waals surface area contributed by atoms with Crippen LogP contribution in [0.3, 0.4) is 0 Å². The van der Waals surface area contributed by atoms with Crippen LogP contribution in [0.1, 0.15) is 24.8 Å². The fourth-order valence-corrected chi connectivity index (χ4v) is 4.12. The van der Waals surface area contributed by atoms with E-state index < -0.39 is 0 Å². The Morgan fingerprint density at radius 2 is 2.42 bits per heavy atom. The molecule has 2 bridgehead atoms. The van der Waals surface area contributed by atoms with Gasteiger partial charge in [0, 0.05) is 24.7 Å². The van der Waals surface area contributed by atoms with Gasteiger partial charge in [0.2, 0.25) is 5.91 Å². The quantitative estimate of drug-likeness (QED) is 0.727. The number of piperidine rings is 1. The molecular formula is C18H23N5O. The van der Waals surface area contributed by atoms with Gasteiger partial charge < -0.3 is 10.6 Å². The summed E-state index contributed by atoms with van der Waals surface area (Å²) in [6, 6.07) is 6.61. The summed E-state index contributed by atoms with van der Waals surface area (Å²) in [5, 5.41) is 14.7. The normalized spacial score (nSPS) is 27.1. The number of carbonyl (C=O) groups is 1. The first-order chi connectivity index (χ1) is 11.7. The van der Waals surface area contributed by atoms with E-state index in [1.54, 1.807) is 7.05 Å². The third-order valence-electron chi connectivity index (χ3n) is 5.26. The van der Waals surface area contributed by atoms with E-state index in [2.05, 4.69) is 38.0 Å². The van der Waals surface area contributed by atoms with E-state index >= 15 is 0 Å². The second-order valence-electron chi connectivity index (χ2n) is 6.93. The summed E-state index contributed by atoms with van der Waals surface area (Å²) in [6.07, 6.45) is 7.88. The van der Waals surface area contributed by atoms with Gasteiger partial charge in [-0.25, -0.2) is 0 Å². The molecule has 4 atom stereocenters. The van der Waals surface area contributed by atoms with Crippen LogP contribution in [-0.4, -0.2) is 47.5 Å². The van der Waals surface area contributed by atoms with Gasteiger partial charge in [-0.3, -0.25) is 14.9 Å². The van der Waals surface area contributed by atoms with Crippen molar-refractivity contribution in [3.63, 3.8) is 0 Å². The number of aliphatic imine (C=N–C) groups is 1. The van der Waals surface area contributed by atoms with Gasteiger partial charge in [-0.1, -0.05) is 6.07 Å². The van der Waals surface area contributed by atoms with Gasteiger partial charge in [-0.05, 0) is 49.3 Å². The highest BCUT2D eigenvalue weighted by atomic mass is 16.2. The van der Waals surface area contributed by atoms with Gasteiger partial charge >= 0.3 is 0 Å². The largest absolute Gasteiger partial charge is 0.347 e. The van der Waals surface area contributed by atoms with Crippen molar-refractivity contribution >= 4 is 23.0 Å². The van der Waals surface area contributed by atoms with E-state index in [9.17, 15) is 4.79 Å². The highest BCUT2D eigenvalue weighted by molar-refractivity contribution is 5.86. The van der Waals surface area contributed by atoms with Crippen molar-refractivity contribution in [3.8, 4) is 0 Å². The third kappa shape index (κ3) is 2.94. The topological polar surface area (TPSA) is 82.2 Å². The second-order valence-corrected chi connectivity index (χ2v) is 6.93. The van der Waals surface area contributed by atoms with Crippen molar-refractivity contribution in [1.29, 1.82) is 0 Å². The Bertz CT molecular complexity index is 768. The minimum atomic E-state index is -0.0900. The first-order valence-corrected chi connectivity index (χ1v) is 8.63. The maximum atomic E-state index is 12.6. The van der Waals surface area contributed by atoms with Crippen LogP contribution in [0, 0.1) is 5.92 Å². The number of hydrogen-bond donors (Lipinski definition) is 3. The molecule has 3 N–H and O–H groups in total. The Morgan fingerprint density at radius 1 is 1.50 bits per heavy atom. The molecule has 4 rings (SSSR count). The number of H-pyrrole nitrogens is 1. The lowest BCUT2D eigenvalue weighted by Gasteiger charge is -2.24. The van der Waals surface area contributed by atoms with Crippen LogP contribution in [0.5, 0.6) is 0 Å². The summed E-state index contributed by atoms with van der Waals surface area (Å²) >= 11 is 0. The van der Waals surface area contributed by atoms with Crippen molar-refractivity contribution in [2.75, 3.05) is 7.05 Å². The maximum Gasteiger partial charge on any atom is 0.237 e. The summed E-state index contributed by atoms with van der Waals surface area (Å²) in [4.78, 5) is 16.8. The molecule has 24 heavy (non-hydrogen) atoms. The van der Waals surface area contributed by atoms with Gasteiger partial charge in [0.1, 0.15) is 0 Å². The van der Waals surface area contributed by atoms with E-state index in [1.165, 1.54) is 12.8 Å². The van der Waals surface area contributed by atoms with E-state index in [0.717, 1.165) is 29.3 Å². The first-order valence-electron chi connectivity index (χ1n) is 8.63. The summed E-state index contributed by atoms with van der Waals surface area (Å²) in [5.74, 6) is 0.605. The number of fused-ring (bicyclic) bond motifs is 3. The lowest BCUT2D eigenvalue weighted by molar-refractivity contribution is -0.124. The molecule has 1 aromatic heterocycles. The van der Waals surface area contributed by atoms with Crippen LogP contribution in [0.15, 0.2) is 29.4 Å². The molecule has 2 fully saturated rings. The van der Waals surface area contributed by atoms with Crippen molar-refractivity contribution in [2.45, 2.75) is 43.8 Å². The predicted octanol–water partition coefficient (Wildman–Crippen LogP) is 1.43. The number of aromatic amines is 1. The standard InChI is InChI=1S/C18H23N5O/c1-19-10-15(7-11-2-5-16-13(6-11)9-20-23-16)22-18(24)17-12-3-4-14(8-12)21-17/h2,5-6,9-10,12,14-15,17,21H,3-4,7-8H2,1H3,(H,20,23)(H,22,24)/b19-10+/t12-,14+,15?,17-/m0/s1. The number of rotatable bonds is 5. The number of carbonyl (C=O) groups excluding carboxylic acids is 1. The molecule has 1 aliphatic heterocycles. The molecule has 1 amide bonds. The number of aromatic nitrogens is 2. The molecule has 6 nitrogen and oxygen atoms in total. The molecule has 0 radical (unpaired) electrons. The van der Waals surface area contributed by atoms with E-state index in [1.807, 2.05) is 18.5 Å². The van der Waals surface area contributed by atoms with Crippen molar-refractivity contribution < 1.29 is 4.79 Å². The summed E-state index contributed by atoms with van der Waals surface area (Å²) < 4.78 is 0. The summed E-state index contributed by atoms with van der Waals surface area (Å²) in [7, 11) is 1.74. The molecule has 2 heterocycles.